The maximum atomic E-state index is 13.0. The van der Waals surface area contributed by atoms with Gasteiger partial charge in [-0.1, -0.05) is 12.1 Å². The molecule has 124 valence electrons. The highest BCUT2D eigenvalue weighted by atomic mass is 32.1. The van der Waals surface area contributed by atoms with Gasteiger partial charge in [-0.15, -0.1) is 11.3 Å². The molecule has 7 heteroatoms. The summed E-state index contributed by atoms with van der Waals surface area (Å²) in [6.45, 7) is 3.42. The van der Waals surface area contributed by atoms with E-state index in [1.807, 2.05) is 0 Å². The Balaban J connectivity index is 1.91. The minimum Gasteiger partial charge on any atom is -0.454 e. The average molecular weight is 346 g/mol. The lowest BCUT2D eigenvalue weighted by molar-refractivity contribution is 0.0343. The van der Waals surface area contributed by atoms with E-state index in [1.165, 1.54) is 23.0 Å². The Morgan fingerprint density at radius 3 is 2.67 bits per heavy atom. The Bertz CT molecular complexity index is 976. The standard InChI is InChI=1S/C17H15FN2O3S/c1-9-13-15(19-8-20(3)16(13)21)24-14(9)17(22)23-10(2)11-4-6-12(18)7-5-11/h4-8,10H,1-3H3. The van der Waals surface area contributed by atoms with Gasteiger partial charge < -0.3 is 9.30 Å². The monoisotopic (exact) mass is 346 g/mol. The normalized spacial score (nSPS) is 12.3. The van der Waals surface area contributed by atoms with Crippen molar-refractivity contribution in [2.75, 3.05) is 0 Å². The number of ether oxygens (including phenoxy) is 1. The van der Waals surface area contributed by atoms with Gasteiger partial charge in [0.05, 0.1) is 11.7 Å². The molecule has 0 aliphatic heterocycles. The van der Waals surface area contributed by atoms with E-state index in [2.05, 4.69) is 4.98 Å². The number of aromatic nitrogens is 2. The van der Waals surface area contributed by atoms with Crippen LogP contribution in [0.15, 0.2) is 35.4 Å². The van der Waals surface area contributed by atoms with E-state index in [9.17, 15) is 14.0 Å². The minimum absolute atomic E-state index is 0.195. The first-order valence-electron chi connectivity index (χ1n) is 7.29. The van der Waals surface area contributed by atoms with Crippen LogP contribution in [0.2, 0.25) is 0 Å². The molecule has 2 aromatic heterocycles. The number of rotatable bonds is 3. The van der Waals surface area contributed by atoms with Crippen LogP contribution in [0.5, 0.6) is 0 Å². The average Bonchev–Trinajstić information content (AvgIpc) is 2.89. The van der Waals surface area contributed by atoms with Crippen LogP contribution in [0.1, 0.15) is 33.8 Å². The Kier molecular flexibility index (Phi) is 4.19. The number of hydrogen-bond donors (Lipinski definition) is 0. The maximum Gasteiger partial charge on any atom is 0.349 e. The van der Waals surface area contributed by atoms with Gasteiger partial charge in [-0.2, -0.15) is 0 Å². The molecule has 0 spiro atoms. The first kappa shape index (κ1) is 16.3. The van der Waals surface area contributed by atoms with Crippen LogP contribution in [0.4, 0.5) is 4.39 Å². The molecule has 0 saturated heterocycles. The molecule has 3 aromatic rings. The van der Waals surface area contributed by atoms with Gasteiger partial charge >= 0.3 is 5.97 Å². The van der Waals surface area contributed by atoms with Crippen molar-refractivity contribution in [3.8, 4) is 0 Å². The van der Waals surface area contributed by atoms with E-state index in [0.29, 0.717) is 26.2 Å². The molecule has 0 fully saturated rings. The second-order valence-electron chi connectivity index (χ2n) is 5.50. The van der Waals surface area contributed by atoms with Crippen LogP contribution in [-0.2, 0) is 11.8 Å². The molecule has 0 aliphatic carbocycles. The van der Waals surface area contributed by atoms with Gasteiger partial charge in [-0.3, -0.25) is 4.79 Å². The second kappa shape index (κ2) is 6.16. The van der Waals surface area contributed by atoms with Gasteiger partial charge in [0, 0.05) is 7.05 Å². The van der Waals surface area contributed by atoms with E-state index in [1.54, 1.807) is 33.0 Å². The Labute approximate surface area is 141 Å². The number of nitrogens with zero attached hydrogens (tertiary/aromatic N) is 2. The molecule has 0 radical (unpaired) electrons. The van der Waals surface area contributed by atoms with Gasteiger partial charge in [0.25, 0.3) is 5.56 Å². The number of hydrogen-bond acceptors (Lipinski definition) is 5. The topological polar surface area (TPSA) is 61.2 Å². The molecular formula is C17H15FN2O3S. The zero-order valence-electron chi connectivity index (χ0n) is 13.4. The highest BCUT2D eigenvalue weighted by molar-refractivity contribution is 7.20. The fourth-order valence-electron chi connectivity index (χ4n) is 2.42. The lowest BCUT2D eigenvalue weighted by Gasteiger charge is -2.13. The zero-order valence-corrected chi connectivity index (χ0v) is 14.2. The van der Waals surface area contributed by atoms with E-state index in [4.69, 9.17) is 4.74 Å². The molecule has 3 rings (SSSR count). The molecule has 5 nitrogen and oxygen atoms in total. The van der Waals surface area contributed by atoms with Gasteiger partial charge in [0.1, 0.15) is 21.6 Å². The van der Waals surface area contributed by atoms with Crippen molar-refractivity contribution in [3.63, 3.8) is 0 Å². The zero-order chi connectivity index (χ0) is 17.4. The van der Waals surface area contributed by atoms with E-state index in [0.717, 1.165) is 11.3 Å². The molecule has 2 heterocycles. The molecule has 1 atom stereocenters. The largest absolute Gasteiger partial charge is 0.454 e. The van der Waals surface area contributed by atoms with Crippen molar-refractivity contribution >= 4 is 27.5 Å². The van der Waals surface area contributed by atoms with Crippen molar-refractivity contribution in [1.82, 2.24) is 9.55 Å². The quantitative estimate of drug-likeness (QED) is 0.682. The smallest absolute Gasteiger partial charge is 0.349 e. The van der Waals surface area contributed by atoms with Crippen LogP contribution < -0.4 is 5.56 Å². The highest BCUT2D eigenvalue weighted by Gasteiger charge is 2.22. The lowest BCUT2D eigenvalue weighted by Crippen LogP contribution is -2.16. The van der Waals surface area contributed by atoms with Crippen molar-refractivity contribution in [1.29, 1.82) is 0 Å². The van der Waals surface area contributed by atoms with Crippen molar-refractivity contribution in [2.45, 2.75) is 20.0 Å². The summed E-state index contributed by atoms with van der Waals surface area (Å²) in [6.07, 6.45) is 0.898. The fourth-order valence-corrected chi connectivity index (χ4v) is 3.44. The van der Waals surface area contributed by atoms with Crippen LogP contribution in [-0.4, -0.2) is 15.5 Å². The Morgan fingerprint density at radius 1 is 1.33 bits per heavy atom. The molecule has 24 heavy (non-hydrogen) atoms. The Hall–Kier alpha value is -2.54. The van der Waals surface area contributed by atoms with Crippen molar-refractivity contribution in [2.24, 2.45) is 7.05 Å². The number of aryl methyl sites for hydroxylation is 2. The van der Waals surface area contributed by atoms with Gasteiger partial charge in [0.2, 0.25) is 0 Å². The first-order chi connectivity index (χ1) is 11.4. The third-order valence-electron chi connectivity index (χ3n) is 3.82. The third-order valence-corrected chi connectivity index (χ3v) is 5.00. The molecule has 0 amide bonds. The molecule has 1 aromatic carbocycles. The summed E-state index contributed by atoms with van der Waals surface area (Å²) in [5, 5.41) is 0.436. The van der Waals surface area contributed by atoms with Crippen LogP contribution in [0, 0.1) is 12.7 Å². The number of carbonyl (C=O) groups is 1. The summed E-state index contributed by atoms with van der Waals surface area (Å²) in [4.78, 5) is 29.7. The molecule has 1 unspecified atom stereocenters. The first-order valence-corrected chi connectivity index (χ1v) is 8.11. The van der Waals surface area contributed by atoms with E-state index < -0.39 is 12.1 Å². The number of halogens is 1. The number of esters is 1. The van der Waals surface area contributed by atoms with Crippen LogP contribution in [0.3, 0.4) is 0 Å². The van der Waals surface area contributed by atoms with Crippen molar-refractivity contribution < 1.29 is 13.9 Å². The Morgan fingerprint density at radius 2 is 2.00 bits per heavy atom. The lowest BCUT2D eigenvalue weighted by atomic mass is 10.1. The van der Waals surface area contributed by atoms with Crippen LogP contribution >= 0.6 is 11.3 Å². The molecular weight excluding hydrogens is 331 g/mol. The predicted molar refractivity (Wildman–Crippen MR) is 89.8 cm³/mol. The fraction of sp³-hybridized carbons (Fsp3) is 0.235. The maximum absolute atomic E-state index is 13.0. The molecule has 0 aliphatic rings. The summed E-state index contributed by atoms with van der Waals surface area (Å²) in [5.41, 5.74) is 1.07. The van der Waals surface area contributed by atoms with E-state index in [-0.39, 0.29) is 11.4 Å². The van der Waals surface area contributed by atoms with Crippen molar-refractivity contribution in [3.05, 3.63) is 62.8 Å². The number of carbonyl (C=O) groups excluding carboxylic acids is 1. The summed E-state index contributed by atoms with van der Waals surface area (Å²) in [5.74, 6) is -0.867. The number of fused-ring (bicyclic) bond motifs is 1. The van der Waals surface area contributed by atoms with E-state index >= 15 is 0 Å². The number of benzene rings is 1. The second-order valence-corrected chi connectivity index (χ2v) is 6.50. The van der Waals surface area contributed by atoms with Gasteiger partial charge in [0.15, 0.2) is 0 Å². The highest BCUT2D eigenvalue weighted by Crippen LogP contribution is 2.29. The summed E-state index contributed by atoms with van der Waals surface area (Å²) >= 11 is 1.14. The van der Waals surface area contributed by atoms with Crippen LogP contribution in [0.25, 0.3) is 10.2 Å². The van der Waals surface area contributed by atoms with Gasteiger partial charge in [-0.25, -0.2) is 14.2 Å². The summed E-state index contributed by atoms with van der Waals surface area (Å²) in [6, 6.07) is 5.78. The molecule has 0 saturated carbocycles. The molecule has 0 bridgehead atoms. The summed E-state index contributed by atoms with van der Waals surface area (Å²) in [7, 11) is 1.61. The summed E-state index contributed by atoms with van der Waals surface area (Å²) < 4.78 is 19.8. The SMILES string of the molecule is Cc1c(C(=O)OC(C)c2ccc(F)cc2)sc2ncn(C)c(=O)c12. The number of thiophene rings is 1. The minimum atomic E-state index is -0.529. The molecule has 0 N–H and O–H groups in total. The predicted octanol–water partition coefficient (Wildman–Crippen LogP) is 3.36. The third kappa shape index (κ3) is 2.82. The van der Waals surface area contributed by atoms with Gasteiger partial charge in [-0.05, 0) is 37.1 Å².